The average molecular weight is 526 g/mol. The lowest BCUT2D eigenvalue weighted by atomic mass is 9.73. The number of benzene rings is 2. The van der Waals surface area contributed by atoms with Gasteiger partial charge < -0.3 is 10.1 Å². The number of allylic oxidation sites excluding steroid dienone is 3. The molecule has 1 N–H and O–H groups in total. The Morgan fingerprint density at radius 2 is 1.85 bits per heavy atom. The number of carbonyl (C=O) groups excluding carboxylic acids is 2. The number of thioether (sulfide) groups is 1. The fourth-order valence-corrected chi connectivity index (χ4v) is 5.98. The standard InChI is InChI=1S/C27H28BrNO3S/c1-15-12-16(2)21(13-18(15)14-33-20-10-8-19(28)9-11-20)25-24(27(31)32-4)17(3)29-22-6-5-7-23(30)26(22)25/h8-13,25,29H,5-7,14H2,1-4H3. The zero-order chi connectivity index (χ0) is 23.7. The maximum atomic E-state index is 13.1. The Balaban J connectivity index is 1.78. The minimum atomic E-state index is -0.404. The second-order valence-electron chi connectivity index (χ2n) is 8.64. The second-order valence-corrected chi connectivity index (χ2v) is 10.6. The molecule has 2 aliphatic rings. The van der Waals surface area contributed by atoms with Crippen molar-refractivity contribution >= 4 is 39.4 Å². The van der Waals surface area contributed by atoms with Crippen LogP contribution >= 0.6 is 27.7 Å². The Hall–Kier alpha value is -2.31. The largest absolute Gasteiger partial charge is 0.466 e. The van der Waals surface area contributed by atoms with Crippen molar-refractivity contribution < 1.29 is 14.3 Å². The Morgan fingerprint density at radius 3 is 2.55 bits per heavy atom. The predicted octanol–water partition coefficient (Wildman–Crippen LogP) is 6.50. The molecular formula is C27H28BrNO3S. The number of dihydropyridines is 1. The second kappa shape index (κ2) is 9.90. The highest BCUT2D eigenvalue weighted by molar-refractivity contribution is 9.10. The van der Waals surface area contributed by atoms with Crippen LogP contribution in [0.25, 0.3) is 0 Å². The van der Waals surface area contributed by atoms with Crippen LogP contribution in [0.5, 0.6) is 0 Å². The number of hydrogen-bond acceptors (Lipinski definition) is 5. The van der Waals surface area contributed by atoms with Gasteiger partial charge in [0.2, 0.25) is 0 Å². The molecule has 0 spiro atoms. The van der Waals surface area contributed by atoms with Crippen molar-refractivity contribution in [1.82, 2.24) is 5.32 Å². The summed E-state index contributed by atoms with van der Waals surface area (Å²) < 4.78 is 6.22. The molecule has 0 radical (unpaired) electrons. The molecule has 0 saturated carbocycles. The summed E-state index contributed by atoms with van der Waals surface area (Å²) in [5, 5.41) is 3.34. The van der Waals surface area contributed by atoms with E-state index in [2.05, 4.69) is 59.4 Å². The Bertz CT molecular complexity index is 1180. The van der Waals surface area contributed by atoms with Gasteiger partial charge in [0.25, 0.3) is 0 Å². The first kappa shape index (κ1) is 23.8. The smallest absolute Gasteiger partial charge is 0.336 e. The monoisotopic (exact) mass is 525 g/mol. The first-order valence-electron chi connectivity index (χ1n) is 11.1. The summed E-state index contributed by atoms with van der Waals surface area (Å²) in [4.78, 5) is 27.2. The highest BCUT2D eigenvalue weighted by Gasteiger charge is 2.39. The van der Waals surface area contributed by atoms with Crippen molar-refractivity contribution in [3.05, 3.63) is 85.7 Å². The lowest BCUT2D eigenvalue weighted by molar-refractivity contribution is -0.136. The Morgan fingerprint density at radius 1 is 1.12 bits per heavy atom. The van der Waals surface area contributed by atoms with Gasteiger partial charge in [-0.25, -0.2) is 4.79 Å². The van der Waals surface area contributed by atoms with Gasteiger partial charge in [0.05, 0.1) is 12.7 Å². The third-order valence-corrected chi connectivity index (χ3v) is 8.01. The summed E-state index contributed by atoms with van der Waals surface area (Å²) in [6.07, 6.45) is 2.17. The highest BCUT2D eigenvalue weighted by Crippen LogP contribution is 2.44. The minimum absolute atomic E-state index is 0.119. The molecule has 172 valence electrons. The van der Waals surface area contributed by atoms with Crippen molar-refractivity contribution in [3.63, 3.8) is 0 Å². The van der Waals surface area contributed by atoms with Crippen LogP contribution in [0.3, 0.4) is 0 Å². The number of Topliss-reactive ketones (excluding diaryl/α,β-unsaturated/α-hetero) is 1. The van der Waals surface area contributed by atoms with Crippen LogP contribution in [-0.4, -0.2) is 18.9 Å². The first-order valence-corrected chi connectivity index (χ1v) is 12.9. The summed E-state index contributed by atoms with van der Waals surface area (Å²) in [6.45, 7) is 6.08. The van der Waals surface area contributed by atoms with Gasteiger partial charge >= 0.3 is 5.97 Å². The topological polar surface area (TPSA) is 55.4 Å². The number of carbonyl (C=O) groups is 2. The van der Waals surface area contributed by atoms with Crippen LogP contribution < -0.4 is 5.32 Å². The number of hydrogen-bond donors (Lipinski definition) is 1. The van der Waals surface area contributed by atoms with Crippen molar-refractivity contribution in [1.29, 1.82) is 0 Å². The lowest BCUT2D eigenvalue weighted by Gasteiger charge is -2.35. The van der Waals surface area contributed by atoms with Gasteiger partial charge in [-0.3, -0.25) is 4.79 Å². The fourth-order valence-electron chi connectivity index (χ4n) is 4.75. The maximum absolute atomic E-state index is 13.1. The van der Waals surface area contributed by atoms with Crippen molar-refractivity contribution in [2.45, 2.75) is 56.6 Å². The van der Waals surface area contributed by atoms with Crippen LogP contribution in [0.4, 0.5) is 0 Å². The van der Waals surface area contributed by atoms with Crippen LogP contribution in [0, 0.1) is 13.8 Å². The van der Waals surface area contributed by atoms with Gasteiger partial charge in [-0.2, -0.15) is 0 Å². The van der Waals surface area contributed by atoms with E-state index in [4.69, 9.17) is 4.74 Å². The van der Waals surface area contributed by atoms with E-state index in [1.807, 2.05) is 19.1 Å². The summed E-state index contributed by atoms with van der Waals surface area (Å²) in [6, 6.07) is 12.7. The van der Waals surface area contributed by atoms with Crippen LogP contribution in [0.2, 0.25) is 0 Å². The van der Waals surface area contributed by atoms with Gasteiger partial charge in [-0.1, -0.05) is 28.1 Å². The highest BCUT2D eigenvalue weighted by atomic mass is 79.9. The number of rotatable bonds is 5. The molecule has 1 aliphatic carbocycles. The molecule has 4 nitrogen and oxygen atoms in total. The zero-order valence-electron chi connectivity index (χ0n) is 19.4. The molecule has 4 rings (SSSR count). The normalized spacial score (nSPS) is 18.2. The quantitative estimate of drug-likeness (QED) is 0.356. The molecule has 0 amide bonds. The summed E-state index contributed by atoms with van der Waals surface area (Å²) in [5.41, 5.74) is 7.48. The van der Waals surface area contributed by atoms with E-state index in [1.54, 1.807) is 11.8 Å². The number of methoxy groups -OCH3 is 1. The number of ketones is 1. The molecule has 1 atom stereocenters. The predicted molar refractivity (Wildman–Crippen MR) is 136 cm³/mol. The van der Waals surface area contributed by atoms with Crippen LogP contribution in [0.15, 0.2) is 68.3 Å². The van der Waals surface area contributed by atoms with E-state index in [0.29, 0.717) is 12.0 Å². The van der Waals surface area contributed by atoms with Crippen molar-refractivity contribution in [3.8, 4) is 0 Å². The lowest BCUT2D eigenvalue weighted by Crippen LogP contribution is -2.34. The minimum Gasteiger partial charge on any atom is -0.466 e. The van der Waals surface area contributed by atoms with E-state index in [-0.39, 0.29) is 11.8 Å². The first-order chi connectivity index (χ1) is 15.8. The van der Waals surface area contributed by atoms with Crippen LogP contribution in [0.1, 0.15) is 54.4 Å². The molecule has 1 aliphatic heterocycles. The fraction of sp³-hybridized carbons (Fsp3) is 0.333. The summed E-state index contributed by atoms with van der Waals surface area (Å²) in [7, 11) is 1.40. The molecule has 0 saturated heterocycles. The van der Waals surface area contributed by atoms with E-state index < -0.39 is 5.92 Å². The molecule has 1 unspecified atom stereocenters. The Kier molecular flexibility index (Phi) is 7.15. The molecule has 2 aromatic rings. The van der Waals surface area contributed by atoms with Gasteiger partial charge in [-0.15, -0.1) is 11.8 Å². The van der Waals surface area contributed by atoms with E-state index >= 15 is 0 Å². The van der Waals surface area contributed by atoms with Crippen LogP contribution in [-0.2, 0) is 20.1 Å². The maximum Gasteiger partial charge on any atom is 0.336 e. The molecule has 6 heteroatoms. The molecule has 1 heterocycles. The molecule has 0 bridgehead atoms. The number of nitrogens with one attached hydrogen (secondary N) is 1. The van der Waals surface area contributed by atoms with E-state index in [9.17, 15) is 9.59 Å². The van der Waals surface area contributed by atoms with Crippen molar-refractivity contribution in [2.75, 3.05) is 7.11 Å². The van der Waals surface area contributed by atoms with Gasteiger partial charge in [0.15, 0.2) is 5.78 Å². The number of esters is 1. The van der Waals surface area contributed by atoms with Gasteiger partial charge in [0.1, 0.15) is 0 Å². The van der Waals surface area contributed by atoms with Gasteiger partial charge in [-0.05, 0) is 80.1 Å². The van der Waals surface area contributed by atoms with Crippen molar-refractivity contribution in [2.24, 2.45) is 0 Å². The summed E-state index contributed by atoms with van der Waals surface area (Å²) in [5.74, 6) is 0.134. The number of aryl methyl sites for hydroxylation is 2. The van der Waals surface area contributed by atoms with E-state index in [0.717, 1.165) is 51.2 Å². The van der Waals surface area contributed by atoms with Gasteiger partial charge in [0, 0.05) is 44.4 Å². The molecule has 0 aromatic heterocycles. The number of halogens is 1. The third kappa shape index (κ3) is 4.82. The van der Waals surface area contributed by atoms with E-state index in [1.165, 1.54) is 23.1 Å². The molecule has 2 aromatic carbocycles. The molecule has 0 fully saturated rings. The Labute approximate surface area is 208 Å². The molecule has 33 heavy (non-hydrogen) atoms. The summed E-state index contributed by atoms with van der Waals surface area (Å²) >= 11 is 5.26. The SMILES string of the molecule is COC(=O)C1=C(C)NC2=C(C(=O)CCC2)C1c1cc(CSc2ccc(Br)cc2)c(C)cc1C. The molecular weight excluding hydrogens is 498 g/mol. The average Bonchev–Trinajstić information content (AvgIpc) is 2.78. The zero-order valence-corrected chi connectivity index (χ0v) is 21.8. The number of ether oxygens (including phenoxy) is 1. The third-order valence-electron chi connectivity index (χ3n) is 6.42.